The molecular weight excluding hydrogens is 498 g/mol. The van der Waals surface area contributed by atoms with E-state index in [0.717, 1.165) is 73.3 Å². The number of aromatic nitrogens is 2. The molecule has 2 saturated heterocycles. The third kappa shape index (κ3) is 6.27. The van der Waals surface area contributed by atoms with Gasteiger partial charge in [-0.3, -0.25) is 19.6 Å². The number of rotatable bonds is 7. The molecule has 2 aliphatic rings. The predicted octanol–water partition coefficient (Wildman–Crippen LogP) is 5.12. The smallest absolute Gasteiger partial charge is 0.193 e. The maximum atomic E-state index is 14.0. The second-order valence-electron chi connectivity index (χ2n) is 13.2. The SMILES string of the molecule is Cc1cc(CN(Cc2cn(C(C)C)c3cc(N4CC[C@@H](O)C4)ccc3c2=O)[C@H]2CCCN(C(C)(C)C)C2)ccn1. The van der Waals surface area contributed by atoms with Crippen LogP contribution in [0.5, 0.6) is 0 Å². The van der Waals surface area contributed by atoms with Crippen molar-refractivity contribution in [1.82, 2.24) is 19.4 Å². The molecule has 0 spiro atoms. The molecule has 4 heterocycles. The number of aryl methyl sites for hydroxylation is 1. The van der Waals surface area contributed by atoms with Crippen molar-refractivity contribution < 1.29 is 5.11 Å². The van der Waals surface area contributed by atoms with E-state index in [0.29, 0.717) is 19.1 Å². The fourth-order valence-electron chi connectivity index (χ4n) is 6.44. The van der Waals surface area contributed by atoms with Crippen molar-refractivity contribution in [3.63, 3.8) is 0 Å². The number of aliphatic hydroxyl groups excluding tert-OH is 1. The lowest BCUT2D eigenvalue weighted by molar-refractivity contribution is 0.0364. The molecule has 216 valence electrons. The van der Waals surface area contributed by atoms with Crippen LogP contribution in [0.25, 0.3) is 10.9 Å². The van der Waals surface area contributed by atoms with Gasteiger partial charge < -0.3 is 14.6 Å². The van der Waals surface area contributed by atoms with Crippen molar-refractivity contribution in [2.45, 2.75) is 97.6 Å². The van der Waals surface area contributed by atoms with Gasteiger partial charge in [0.15, 0.2) is 5.43 Å². The van der Waals surface area contributed by atoms with Gasteiger partial charge in [0.2, 0.25) is 0 Å². The second-order valence-corrected chi connectivity index (χ2v) is 13.2. The Bertz CT molecular complexity index is 1390. The van der Waals surface area contributed by atoms with Crippen molar-refractivity contribution in [2.24, 2.45) is 0 Å². The maximum Gasteiger partial charge on any atom is 0.193 e. The standard InChI is InChI=1S/C33H47N5O2/c1-23(2)38-20-26(32(40)30-10-9-27(17-31(30)38)35-15-12-29(39)22-35)19-36(18-25-11-13-34-24(3)16-25)28-8-7-14-37(21-28)33(4,5)6/h9-11,13,16-17,20,23,28-29,39H,7-8,12,14-15,18-19,21-22H2,1-6H3/t28-,29+/m0/s1. The highest BCUT2D eigenvalue weighted by Gasteiger charge is 2.31. The first-order valence-electron chi connectivity index (χ1n) is 15.0. The Morgan fingerprint density at radius 2 is 1.88 bits per heavy atom. The van der Waals surface area contributed by atoms with Crippen LogP contribution in [0.15, 0.2) is 47.5 Å². The number of likely N-dealkylation sites (tertiary alicyclic amines) is 1. The molecule has 3 aromatic rings. The number of β-amino-alcohol motifs (C(OH)–C–C–N with tert-alkyl or cyclic N) is 1. The van der Waals surface area contributed by atoms with E-state index in [9.17, 15) is 9.90 Å². The van der Waals surface area contributed by atoms with E-state index in [1.807, 2.05) is 19.2 Å². The van der Waals surface area contributed by atoms with Gasteiger partial charge in [0, 0.05) is 85.1 Å². The number of piperidine rings is 1. The minimum atomic E-state index is -0.283. The number of anilines is 1. The first kappa shape index (κ1) is 28.8. The first-order chi connectivity index (χ1) is 19.0. The van der Waals surface area contributed by atoms with E-state index in [2.05, 4.69) is 89.3 Å². The Kier molecular flexibility index (Phi) is 8.37. The summed E-state index contributed by atoms with van der Waals surface area (Å²) in [4.78, 5) is 25.8. The van der Waals surface area contributed by atoms with Gasteiger partial charge in [0.25, 0.3) is 0 Å². The fraction of sp³-hybridized carbons (Fsp3) is 0.576. The molecule has 0 bridgehead atoms. The molecule has 0 radical (unpaired) electrons. The summed E-state index contributed by atoms with van der Waals surface area (Å²) in [6.45, 7) is 18.3. The summed E-state index contributed by atoms with van der Waals surface area (Å²) in [6.07, 6.45) is 6.80. The summed E-state index contributed by atoms with van der Waals surface area (Å²) in [6, 6.07) is 11.0. The molecule has 7 nitrogen and oxygen atoms in total. The van der Waals surface area contributed by atoms with Gasteiger partial charge in [-0.15, -0.1) is 0 Å². The van der Waals surface area contributed by atoms with Crippen LogP contribution in [0.2, 0.25) is 0 Å². The van der Waals surface area contributed by atoms with Gasteiger partial charge in [0.05, 0.1) is 11.6 Å². The highest BCUT2D eigenvalue weighted by atomic mass is 16.3. The van der Waals surface area contributed by atoms with Crippen LogP contribution in [0, 0.1) is 6.92 Å². The molecule has 2 fully saturated rings. The zero-order valence-corrected chi connectivity index (χ0v) is 25.2. The van der Waals surface area contributed by atoms with Gasteiger partial charge >= 0.3 is 0 Å². The lowest BCUT2D eigenvalue weighted by atomic mass is 9.96. The summed E-state index contributed by atoms with van der Waals surface area (Å²) in [5.74, 6) is 0. The van der Waals surface area contributed by atoms with E-state index in [-0.39, 0.29) is 23.1 Å². The van der Waals surface area contributed by atoms with Crippen molar-refractivity contribution in [1.29, 1.82) is 0 Å². The fourth-order valence-corrected chi connectivity index (χ4v) is 6.44. The monoisotopic (exact) mass is 545 g/mol. The number of fused-ring (bicyclic) bond motifs is 1. The Morgan fingerprint density at radius 1 is 1.07 bits per heavy atom. The molecule has 0 amide bonds. The van der Waals surface area contributed by atoms with Gasteiger partial charge in [0.1, 0.15) is 0 Å². The summed E-state index contributed by atoms with van der Waals surface area (Å²) in [5.41, 5.74) is 5.40. The summed E-state index contributed by atoms with van der Waals surface area (Å²) in [7, 11) is 0. The van der Waals surface area contributed by atoms with E-state index < -0.39 is 0 Å². The molecule has 2 aliphatic heterocycles. The molecular formula is C33H47N5O2. The highest BCUT2D eigenvalue weighted by molar-refractivity contribution is 5.83. The summed E-state index contributed by atoms with van der Waals surface area (Å²) >= 11 is 0. The van der Waals surface area contributed by atoms with E-state index >= 15 is 0 Å². The average molecular weight is 546 g/mol. The molecule has 5 rings (SSSR count). The van der Waals surface area contributed by atoms with Crippen LogP contribution in [0.4, 0.5) is 5.69 Å². The largest absolute Gasteiger partial charge is 0.391 e. The second kappa shape index (κ2) is 11.6. The van der Waals surface area contributed by atoms with E-state index in [1.165, 1.54) is 5.56 Å². The van der Waals surface area contributed by atoms with Crippen LogP contribution in [-0.2, 0) is 13.1 Å². The third-order valence-electron chi connectivity index (χ3n) is 8.76. The van der Waals surface area contributed by atoms with Crippen molar-refractivity contribution in [2.75, 3.05) is 31.1 Å². The zero-order chi connectivity index (χ0) is 28.6. The van der Waals surface area contributed by atoms with Gasteiger partial charge in [-0.1, -0.05) is 0 Å². The Morgan fingerprint density at radius 3 is 2.55 bits per heavy atom. The Balaban J connectivity index is 1.52. The molecule has 0 saturated carbocycles. The van der Waals surface area contributed by atoms with Crippen molar-refractivity contribution in [3.05, 3.63) is 69.8 Å². The van der Waals surface area contributed by atoms with Crippen molar-refractivity contribution in [3.8, 4) is 0 Å². The van der Waals surface area contributed by atoms with Crippen LogP contribution in [0.1, 0.15) is 76.7 Å². The van der Waals surface area contributed by atoms with Crippen LogP contribution >= 0.6 is 0 Å². The number of hydrogen-bond acceptors (Lipinski definition) is 6. The number of benzene rings is 1. The summed E-state index contributed by atoms with van der Waals surface area (Å²) in [5, 5.41) is 10.8. The van der Waals surface area contributed by atoms with Gasteiger partial charge in [-0.2, -0.15) is 0 Å². The predicted molar refractivity (Wildman–Crippen MR) is 164 cm³/mol. The molecule has 1 aromatic carbocycles. The average Bonchev–Trinajstić information content (AvgIpc) is 3.35. The Labute approximate surface area is 239 Å². The normalized spacial score (nSPS) is 20.8. The molecule has 0 unspecified atom stereocenters. The highest BCUT2D eigenvalue weighted by Crippen LogP contribution is 2.28. The lowest BCUT2D eigenvalue weighted by Crippen LogP contribution is -2.53. The Hall–Kier alpha value is -2.74. The number of pyridine rings is 2. The topological polar surface area (TPSA) is 64.8 Å². The molecule has 40 heavy (non-hydrogen) atoms. The van der Waals surface area contributed by atoms with Crippen LogP contribution in [0.3, 0.4) is 0 Å². The summed E-state index contributed by atoms with van der Waals surface area (Å²) < 4.78 is 2.26. The van der Waals surface area contributed by atoms with E-state index in [1.54, 1.807) is 0 Å². The zero-order valence-electron chi connectivity index (χ0n) is 25.2. The minimum Gasteiger partial charge on any atom is -0.391 e. The van der Waals surface area contributed by atoms with Gasteiger partial charge in [-0.05, 0) is 103 Å². The molecule has 7 heteroatoms. The number of nitrogens with zero attached hydrogens (tertiary/aromatic N) is 5. The van der Waals surface area contributed by atoms with Crippen LogP contribution in [-0.4, -0.2) is 68.3 Å². The number of aliphatic hydroxyl groups is 1. The maximum absolute atomic E-state index is 14.0. The first-order valence-corrected chi connectivity index (χ1v) is 15.0. The van der Waals surface area contributed by atoms with Crippen molar-refractivity contribution >= 4 is 16.6 Å². The molecule has 1 N–H and O–H groups in total. The molecule has 0 aliphatic carbocycles. The molecule has 2 aromatic heterocycles. The molecule has 2 atom stereocenters. The quantitative estimate of drug-likeness (QED) is 0.445. The van der Waals surface area contributed by atoms with Crippen LogP contribution < -0.4 is 10.3 Å². The van der Waals surface area contributed by atoms with E-state index in [4.69, 9.17) is 0 Å². The third-order valence-corrected chi connectivity index (χ3v) is 8.76. The number of hydrogen-bond donors (Lipinski definition) is 1. The van der Waals surface area contributed by atoms with Gasteiger partial charge in [-0.25, -0.2) is 0 Å². The lowest BCUT2D eigenvalue weighted by Gasteiger charge is -2.45. The minimum absolute atomic E-state index is 0.119.